The monoisotopic (exact) mass is 605 g/mol. The summed E-state index contributed by atoms with van der Waals surface area (Å²) in [5.41, 5.74) is 0.946. The highest BCUT2D eigenvalue weighted by molar-refractivity contribution is 5.93. The highest BCUT2D eigenvalue weighted by atomic mass is 19.4. The van der Waals surface area contributed by atoms with Crippen LogP contribution in [0.3, 0.4) is 0 Å². The molecule has 12 nitrogen and oxygen atoms in total. The predicted molar refractivity (Wildman–Crippen MR) is 146 cm³/mol. The number of halogens is 3. The third kappa shape index (κ3) is 8.35. The van der Waals surface area contributed by atoms with E-state index in [-0.39, 0.29) is 36.4 Å². The van der Waals surface area contributed by atoms with Gasteiger partial charge in [-0.1, -0.05) is 12.1 Å². The normalized spacial score (nSPS) is 17.0. The number of anilines is 3. The molecule has 15 heteroatoms. The highest BCUT2D eigenvalue weighted by Crippen LogP contribution is 2.48. The zero-order chi connectivity index (χ0) is 30.3. The Morgan fingerprint density at radius 2 is 1.58 bits per heavy atom. The molecule has 0 radical (unpaired) electrons. The van der Waals surface area contributed by atoms with Crippen LogP contribution in [0.4, 0.5) is 30.8 Å². The third-order valence-corrected chi connectivity index (χ3v) is 6.48. The zero-order valence-electron chi connectivity index (χ0n) is 23.2. The van der Waals surface area contributed by atoms with E-state index in [0.717, 1.165) is 18.4 Å². The van der Waals surface area contributed by atoms with Crippen LogP contribution in [-0.2, 0) is 19.7 Å². The van der Waals surface area contributed by atoms with Crippen LogP contribution in [0, 0.1) is 0 Å². The molecule has 2 aliphatic heterocycles. The summed E-state index contributed by atoms with van der Waals surface area (Å²) in [4.78, 5) is 24.8. The van der Waals surface area contributed by atoms with Gasteiger partial charge in [0.25, 0.3) is 0 Å². The lowest BCUT2D eigenvalue weighted by molar-refractivity contribution is -0.154. The molecule has 3 aromatic rings. The summed E-state index contributed by atoms with van der Waals surface area (Å²) >= 11 is 0. The van der Waals surface area contributed by atoms with Gasteiger partial charge < -0.3 is 39.1 Å². The molecule has 43 heavy (non-hydrogen) atoms. The number of fused-ring (bicyclic) bond motifs is 11. The van der Waals surface area contributed by atoms with E-state index < -0.39 is 30.3 Å². The van der Waals surface area contributed by atoms with Crippen molar-refractivity contribution in [3.05, 3.63) is 53.6 Å². The van der Waals surface area contributed by atoms with Crippen LogP contribution in [0.15, 0.2) is 42.5 Å². The number of carbonyl (C=O) groups is 1. The lowest BCUT2D eigenvalue weighted by Crippen LogP contribution is -2.23. The van der Waals surface area contributed by atoms with Crippen molar-refractivity contribution in [1.82, 2.24) is 15.0 Å². The molecule has 2 aromatic carbocycles. The molecule has 230 valence electrons. The van der Waals surface area contributed by atoms with Gasteiger partial charge in [-0.25, -0.2) is 4.79 Å². The summed E-state index contributed by atoms with van der Waals surface area (Å²) < 4.78 is 71.1. The molecule has 1 spiro atoms. The number of hydrogen-bond acceptors (Lipinski definition) is 12. The number of esters is 1. The van der Waals surface area contributed by atoms with Gasteiger partial charge in [-0.05, 0) is 42.7 Å². The molecular weight excluding hydrogens is 575 g/mol. The van der Waals surface area contributed by atoms with Crippen LogP contribution in [0.5, 0.6) is 17.5 Å². The Morgan fingerprint density at radius 3 is 2.26 bits per heavy atom. The second kappa shape index (κ2) is 13.3. The summed E-state index contributed by atoms with van der Waals surface area (Å²) in [6.45, 7) is 0.166. The minimum Gasteiger partial charge on any atom is -0.491 e. The van der Waals surface area contributed by atoms with Gasteiger partial charge in [0.05, 0.1) is 39.1 Å². The SMILES string of the molecule is COC(=O)c1ccc2cc1OCCOCCOCCOc1ccc(cc1)C1(CC1)Nc1nc(nc(OCC(F)(F)F)n1)N2. The average Bonchev–Trinajstić information content (AvgIpc) is 3.76. The molecule has 3 heterocycles. The molecular formula is C28H30F3N5O7. The van der Waals surface area contributed by atoms with Gasteiger partial charge in [-0.2, -0.15) is 28.1 Å². The van der Waals surface area contributed by atoms with Crippen molar-refractivity contribution in [1.29, 1.82) is 0 Å². The second-order valence-corrected chi connectivity index (χ2v) is 9.65. The van der Waals surface area contributed by atoms with Gasteiger partial charge in [0.15, 0.2) is 6.61 Å². The first kappa shape index (κ1) is 30.1. The lowest BCUT2D eigenvalue weighted by Gasteiger charge is -2.19. The van der Waals surface area contributed by atoms with E-state index in [1.807, 2.05) is 24.3 Å². The number of benzene rings is 2. The summed E-state index contributed by atoms with van der Waals surface area (Å²) in [5, 5.41) is 6.18. The van der Waals surface area contributed by atoms with Crippen molar-refractivity contribution >= 4 is 23.6 Å². The number of nitrogens with one attached hydrogen (secondary N) is 2. The van der Waals surface area contributed by atoms with Crippen molar-refractivity contribution in [2.24, 2.45) is 0 Å². The van der Waals surface area contributed by atoms with E-state index in [2.05, 4.69) is 25.6 Å². The van der Waals surface area contributed by atoms with Crippen molar-refractivity contribution in [2.75, 3.05) is 64.0 Å². The number of carbonyl (C=O) groups excluding carboxylic acids is 1. The van der Waals surface area contributed by atoms with Crippen LogP contribution in [0.2, 0.25) is 0 Å². The van der Waals surface area contributed by atoms with Gasteiger partial charge >= 0.3 is 18.2 Å². The van der Waals surface area contributed by atoms with Crippen LogP contribution in [-0.4, -0.2) is 80.5 Å². The topological polar surface area (TPSA) is 135 Å². The quantitative estimate of drug-likeness (QED) is 0.326. The minimum atomic E-state index is -4.60. The number of aromatic nitrogens is 3. The number of rotatable bonds is 3. The summed E-state index contributed by atoms with van der Waals surface area (Å²) in [6.07, 6.45) is -3.11. The van der Waals surface area contributed by atoms with Gasteiger partial charge in [-0.15, -0.1) is 0 Å². The standard InChI is InChI=1S/C28H30F3N5O7/c1-38-23(37)21-7-4-19-16-22(21)42-15-13-40-11-10-39-12-14-41-20-5-2-18(3-6-20)27(8-9-27)36-25-33-24(32-19)34-26(35-25)43-17-28(29,30)31/h2-7,16H,8-15,17H2,1H3,(H2,32,33,34,35,36). The molecule has 1 aliphatic carbocycles. The summed E-state index contributed by atoms with van der Waals surface area (Å²) in [6, 6.07) is 11.5. The van der Waals surface area contributed by atoms with E-state index in [1.165, 1.54) is 19.2 Å². The first-order valence-electron chi connectivity index (χ1n) is 13.5. The van der Waals surface area contributed by atoms with Gasteiger partial charge in [0.1, 0.15) is 30.3 Å². The first-order chi connectivity index (χ1) is 20.7. The Bertz CT molecular complexity index is 1400. The third-order valence-electron chi connectivity index (χ3n) is 6.48. The fourth-order valence-corrected chi connectivity index (χ4v) is 4.25. The number of nitrogens with zero attached hydrogens (tertiary/aromatic N) is 3. The Morgan fingerprint density at radius 1 is 0.907 bits per heavy atom. The summed E-state index contributed by atoms with van der Waals surface area (Å²) in [5.74, 6) is 0.161. The fraction of sp³-hybridized carbons (Fsp3) is 0.429. The van der Waals surface area contributed by atoms with Gasteiger partial charge in [0, 0.05) is 11.8 Å². The van der Waals surface area contributed by atoms with Crippen molar-refractivity contribution in [3.63, 3.8) is 0 Å². The summed E-state index contributed by atoms with van der Waals surface area (Å²) in [7, 11) is 1.25. The van der Waals surface area contributed by atoms with Crippen LogP contribution in [0.25, 0.3) is 0 Å². The lowest BCUT2D eigenvalue weighted by atomic mass is 10.1. The number of alkyl halides is 3. The van der Waals surface area contributed by atoms with E-state index in [9.17, 15) is 18.0 Å². The molecule has 6 rings (SSSR count). The zero-order valence-corrected chi connectivity index (χ0v) is 23.2. The van der Waals surface area contributed by atoms with Gasteiger partial charge in [0.2, 0.25) is 11.9 Å². The van der Waals surface area contributed by atoms with E-state index >= 15 is 0 Å². The number of hydrogen-bond donors (Lipinski definition) is 2. The fourth-order valence-electron chi connectivity index (χ4n) is 4.25. The molecule has 0 amide bonds. The molecule has 0 unspecified atom stereocenters. The maximum Gasteiger partial charge on any atom is 0.422 e. The molecule has 0 saturated heterocycles. The van der Waals surface area contributed by atoms with Crippen molar-refractivity contribution < 1.29 is 46.4 Å². The molecule has 6 bridgehead atoms. The molecule has 0 atom stereocenters. The predicted octanol–water partition coefficient (Wildman–Crippen LogP) is 4.25. The molecule has 2 N–H and O–H groups in total. The van der Waals surface area contributed by atoms with Crippen LogP contribution >= 0.6 is 0 Å². The Kier molecular flexibility index (Phi) is 9.31. The second-order valence-electron chi connectivity index (χ2n) is 9.65. The first-order valence-corrected chi connectivity index (χ1v) is 13.5. The van der Waals surface area contributed by atoms with E-state index in [4.69, 9.17) is 28.4 Å². The number of ether oxygens (including phenoxy) is 6. The minimum absolute atomic E-state index is 0.0165. The average molecular weight is 606 g/mol. The molecule has 1 saturated carbocycles. The Labute approximate surface area is 244 Å². The Balaban J connectivity index is 1.46. The maximum atomic E-state index is 12.9. The van der Waals surface area contributed by atoms with Crippen LogP contribution in [0.1, 0.15) is 28.8 Å². The van der Waals surface area contributed by atoms with Crippen molar-refractivity contribution in [2.45, 2.75) is 24.6 Å². The number of methoxy groups -OCH3 is 1. The van der Waals surface area contributed by atoms with Crippen molar-refractivity contribution in [3.8, 4) is 17.5 Å². The van der Waals surface area contributed by atoms with Gasteiger partial charge in [-0.3, -0.25) is 0 Å². The van der Waals surface area contributed by atoms with E-state index in [1.54, 1.807) is 6.07 Å². The molecule has 3 aliphatic rings. The van der Waals surface area contributed by atoms with Crippen LogP contribution < -0.4 is 24.8 Å². The largest absolute Gasteiger partial charge is 0.491 e. The molecule has 1 fully saturated rings. The highest BCUT2D eigenvalue weighted by Gasteiger charge is 2.45. The van der Waals surface area contributed by atoms with E-state index in [0.29, 0.717) is 37.9 Å². The molecule has 1 aromatic heterocycles. The smallest absolute Gasteiger partial charge is 0.422 e. The maximum absolute atomic E-state index is 12.9. The Hall–Kier alpha value is -4.37.